The third-order valence-corrected chi connectivity index (χ3v) is 7.43. The van der Waals surface area contributed by atoms with Gasteiger partial charge in [0.1, 0.15) is 5.01 Å². The molecule has 0 saturated heterocycles. The van der Waals surface area contributed by atoms with E-state index >= 15 is 0 Å². The first kappa shape index (κ1) is 23.7. The summed E-state index contributed by atoms with van der Waals surface area (Å²) in [6.07, 6.45) is 8.02. The Morgan fingerprint density at radius 1 is 1.14 bits per heavy atom. The number of carbonyl (C=O) groups excluding carboxylic acids is 1. The third kappa shape index (κ3) is 6.74. The zero-order valence-electron chi connectivity index (χ0n) is 16.9. The molecule has 0 aliphatic heterocycles. The molecule has 0 unspecified atom stereocenters. The van der Waals surface area contributed by atoms with Crippen molar-refractivity contribution in [3.05, 3.63) is 33.8 Å². The van der Waals surface area contributed by atoms with Crippen LogP contribution in [0, 0.1) is 0 Å². The standard InChI is InChI=1S/C19H27ClN4O3S2/c1-4-5-6-7-8-9-10-17-22-23-19(28-17)21-18(25)15-13-14(11-12-16(15)20)29(26,27)24(2)3/h11-13H,4-10H2,1-3H3,(H,21,23,25). The van der Waals surface area contributed by atoms with Crippen LogP contribution in [0.25, 0.3) is 0 Å². The highest BCUT2D eigenvalue weighted by atomic mass is 35.5. The predicted molar refractivity (Wildman–Crippen MR) is 117 cm³/mol. The molecule has 0 fully saturated rings. The number of nitrogens with zero attached hydrogens (tertiary/aromatic N) is 3. The summed E-state index contributed by atoms with van der Waals surface area (Å²) >= 11 is 7.43. The molecule has 0 atom stereocenters. The lowest BCUT2D eigenvalue weighted by molar-refractivity contribution is 0.102. The molecule has 10 heteroatoms. The van der Waals surface area contributed by atoms with Crippen LogP contribution in [0.1, 0.15) is 60.8 Å². The average molecular weight is 459 g/mol. The second-order valence-electron chi connectivity index (χ2n) is 6.90. The number of anilines is 1. The number of sulfonamides is 1. The largest absolute Gasteiger partial charge is 0.296 e. The van der Waals surface area contributed by atoms with Gasteiger partial charge in [-0.05, 0) is 24.6 Å². The van der Waals surface area contributed by atoms with Crippen LogP contribution in [0.5, 0.6) is 0 Å². The highest BCUT2D eigenvalue weighted by molar-refractivity contribution is 7.89. The monoisotopic (exact) mass is 458 g/mol. The number of halogens is 1. The summed E-state index contributed by atoms with van der Waals surface area (Å²) in [6.45, 7) is 2.20. The molecule has 29 heavy (non-hydrogen) atoms. The van der Waals surface area contributed by atoms with Crippen molar-refractivity contribution in [2.24, 2.45) is 0 Å². The fourth-order valence-corrected chi connectivity index (χ4v) is 4.58. The van der Waals surface area contributed by atoms with Crippen LogP contribution in [0.15, 0.2) is 23.1 Å². The maximum absolute atomic E-state index is 12.6. The molecule has 0 radical (unpaired) electrons. The van der Waals surface area contributed by atoms with Crippen molar-refractivity contribution in [1.29, 1.82) is 0 Å². The van der Waals surface area contributed by atoms with Gasteiger partial charge in [-0.2, -0.15) is 0 Å². The van der Waals surface area contributed by atoms with Crippen molar-refractivity contribution in [3.63, 3.8) is 0 Å². The van der Waals surface area contributed by atoms with Gasteiger partial charge in [0.05, 0.1) is 15.5 Å². The molecular formula is C19H27ClN4O3S2. The Morgan fingerprint density at radius 2 is 1.83 bits per heavy atom. The van der Waals surface area contributed by atoms with Gasteiger partial charge < -0.3 is 0 Å². The third-order valence-electron chi connectivity index (χ3n) is 4.39. The van der Waals surface area contributed by atoms with E-state index in [0.717, 1.165) is 28.6 Å². The molecule has 1 N–H and O–H groups in total. The normalized spacial score (nSPS) is 11.8. The summed E-state index contributed by atoms with van der Waals surface area (Å²) in [5, 5.41) is 12.2. The minimum Gasteiger partial charge on any atom is -0.296 e. The molecule has 1 aromatic heterocycles. The van der Waals surface area contributed by atoms with Crippen molar-refractivity contribution in [2.45, 2.75) is 56.8 Å². The molecule has 160 valence electrons. The first-order valence-electron chi connectivity index (χ1n) is 9.61. The molecule has 0 spiro atoms. The second-order valence-corrected chi connectivity index (χ2v) is 10.5. The fourth-order valence-electron chi connectivity index (χ4n) is 2.68. The number of aromatic nitrogens is 2. The molecule has 2 rings (SSSR count). The first-order chi connectivity index (χ1) is 13.8. The van der Waals surface area contributed by atoms with Crippen LogP contribution in [-0.2, 0) is 16.4 Å². The summed E-state index contributed by atoms with van der Waals surface area (Å²) in [5.74, 6) is -0.520. The van der Waals surface area contributed by atoms with Gasteiger partial charge in [0.15, 0.2) is 0 Å². The fraction of sp³-hybridized carbons (Fsp3) is 0.526. The highest BCUT2D eigenvalue weighted by Crippen LogP contribution is 2.24. The number of hydrogen-bond acceptors (Lipinski definition) is 6. The van der Waals surface area contributed by atoms with E-state index in [1.807, 2.05) is 0 Å². The van der Waals surface area contributed by atoms with Crippen LogP contribution >= 0.6 is 22.9 Å². The summed E-state index contributed by atoms with van der Waals surface area (Å²) < 4.78 is 25.7. The van der Waals surface area contributed by atoms with Crippen LogP contribution in [0.4, 0.5) is 5.13 Å². The summed E-state index contributed by atoms with van der Waals surface area (Å²) in [5.41, 5.74) is 0.0715. The van der Waals surface area contributed by atoms with Crippen molar-refractivity contribution in [3.8, 4) is 0 Å². The lowest BCUT2D eigenvalue weighted by atomic mass is 10.1. The second kappa shape index (κ2) is 11.0. The van der Waals surface area contributed by atoms with E-state index in [1.165, 1.54) is 69.3 Å². The Hall–Kier alpha value is -1.55. The first-order valence-corrected chi connectivity index (χ1v) is 12.2. The number of carbonyl (C=O) groups is 1. The molecule has 7 nitrogen and oxygen atoms in total. The molecule has 1 amide bonds. The maximum Gasteiger partial charge on any atom is 0.259 e. The minimum atomic E-state index is -3.67. The lowest BCUT2D eigenvalue weighted by Crippen LogP contribution is -2.23. The van der Waals surface area contributed by atoms with Crippen molar-refractivity contribution >= 4 is 44.0 Å². The Balaban J connectivity index is 2.00. The van der Waals surface area contributed by atoms with Crippen molar-refractivity contribution in [1.82, 2.24) is 14.5 Å². The SMILES string of the molecule is CCCCCCCCc1nnc(NC(=O)c2cc(S(=O)(=O)N(C)C)ccc2Cl)s1. The smallest absolute Gasteiger partial charge is 0.259 e. The summed E-state index contributed by atoms with van der Waals surface area (Å²) in [4.78, 5) is 12.6. The van der Waals surface area contributed by atoms with E-state index in [0.29, 0.717) is 5.13 Å². The number of unbranched alkanes of at least 4 members (excludes halogenated alkanes) is 5. The number of rotatable bonds is 11. The van der Waals surface area contributed by atoms with Gasteiger partial charge in [-0.25, -0.2) is 12.7 Å². The number of hydrogen-bond donors (Lipinski definition) is 1. The van der Waals surface area contributed by atoms with Gasteiger partial charge in [-0.3, -0.25) is 10.1 Å². The molecule has 1 heterocycles. The Bertz CT molecular complexity index is 929. The topological polar surface area (TPSA) is 92.3 Å². The molecule has 0 bridgehead atoms. The minimum absolute atomic E-state index is 0.00178. The van der Waals surface area contributed by atoms with Gasteiger partial charge in [0, 0.05) is 20.5 Å². The van der Waals surface area contributed by atoms with E-state index < -0.39 is 15.9 Å². The number of amides is 1. The molecule has 1 aromatic carbocycles. The predicted octanol–water partition coefficient (Wildman–Crippen LogP) is 4.60. The number of aryl methyl sites for hydroxylation is 1. The highest BCUT2D eigenvalue weighted by Gasteiger charge is 2.21. The molecule has 0 saturated carbocycles. The van der Waals surface area contributed by atoms with Gasteiger partial charge in [-0.1, -0.05) is 62.0 Å². The zero-order valence-corrected chi connectivity index (χ0v) is 19.3. The van der Waals surface area contributed by atoms with Crippen LogP contribution < -0.4 is 5.32 Å². The average Bonchev–Trinajstić information content (AvgIpc) is 3.11. The van der Waals surface area contributed by atoms with Crippen molar-refractivity contribution < 1.29 is 13.2 Å². The molecular weight excluding hydrogens is 432 g/mol. The van der Waals surface area contributed by atoms with Crippen LogP contribution in [0.2, 0.25) is 5.02 Å². The van der Waals surface area contributed by atoms with Crippen LogP contribution in [0.3, 0.4) is 0 Å². The van der Waals surface area contributed by atoms with E-state index in [4.69, 9.17) is 11.6 Å². The maximum atomic E-state index is 12.6. The van der Waals surface area contributed by atoms with E-state index in [9.17, 15) is 13.2 Å². The van der Waals surface area contributed by atoms with Gasteiger partial charge in [0.25, 0.3) is 5.91 Å². The summed E-state index contributed by atoms with van der Waals surface area (Å²) in [6, 6.07) is 4.04. The zero-order chi connectivity index (χ0) is 21.4. The quantitative estimate of drug-likeness (QED) is 0.497. The van der Waals surface area contributed by atoms with Crippen molar-refractivity contribution in [2.75, 3.05) is 19.4 Å². The molecule has 0 aliphatic carbocycles. The van der Waals surface area contributed by atoms with E-state index in [2.05, 4.69) is 22.4 Å². The Labute approximate surface area is 181 Å². The van der Waals surface area contributed by atoms with Crippen LogP contribution in [-0.4, -0.2) is 42.9 Å². The van der Waals surface area contributed by atoms with Gasteiger partial charge >= 0.3 is 0 Å². The van der Waals surface area contributed by atoms with E-state index in [-0.39, 0.29) is 15.5 Å². The molecule has 2 aromatic rings. The lowest BCUT2D eigenvalue weighted by Gasteiger charge is -2.12. The number of benzene rings is 1. The molecule has 0 aliphatic rings. The number of nitrogens with one attached hydrogen (secondary N) is 1. The van der Waals surface area contributed by atoms with E-state index in [1.54, 1.807) is 0 Å². The summed E-state index contributed by atoms with van der Waals surface area (Å²) in [7, 11) is -0.814. The Kier molecular flexibility index (Phi) is 9.01. The van der Waals surface area contributed by atoms with Gasteiger partial charge in [-0.15, -0.1) is 10.2 Å². The Morgan fingerprint density at radius 3 is 2.52 bits per heavy atom. The van der Waals surface area contributed by atoms with Gasteiger partial charge in [0.2, 0.25) is 15.2 Å².